The summed E-state index contributed by atoms with van der Waals surface area (Å²) in [6, 6.07) is 6.93. The second-order valence-electron chi connectivity index (χ2n) is 2.08. The van der Waals surface area contributed by atoms with Crippen molar-refractivity contribution < 1.29 is 0 Å². The molecule has 1 aromatic rings. The maximum atomic E-state index is 5.77. The van der Waals surface area contributed by atoms with Gasteiger partial charge in [0.1, 0.15) is 4.49 Å². The average Bonchev–Trinajstić information content (AvgIpc) is 2.04. The smallest absolute Gasteiger partial charge is 0.0843 e. The van der Waals surface area contributed by atoms with E-state index in [2.05, 4.69) is 0 Å². The monoisotopic (exact) mass is 240 g/mol. The van der Waals surface area contributed by atoms with E-state index in [9.17, 15) is 0 Å². The van der Waals surface area contributed by atoms with Crippen LogP contribution in [0.2, 0.25) is 5.02 Å². The lowest BCUT2D eigenvalue weighted by Crippen LogP contribution is -1.76. The van der Waals surface area contributed by atoms with E-state index < -0.39 is 0 Å². The first kappa shape index (κ1) is 10.2. The largest absolute Gasteiger partial charge is 0.126 e. The predicted octanol–water partition coefficient (Wildman–Crippen LogP) is 4.68. The molecule has 0 aliphatic rings. The van der Waals surface area contributed by atoms with Gasteiger partial charge in [-0.1, -0.05) is 58.5 Å². The predicted molar refractivity (Wildman–Crippen MR) is 55.9 cm³/mol. The van der Waals surface area contributed by atoms with Gasteiger partial charge in [-0.15, -0.1) is 0 Å². The summed E-state index contributed by atoms with van der Waals surface area (Å²) in [5.74, 6) is 0. The molecule has 0 atom stereocenters. The highest BCUT2D eigenvalue weighted by Crippen LogP contribution is 2.28. The highest BCUT2D eigenvalue weighted by atomic mass is 35.5. The van der Waals surface area contributed by atoms with Gasteiger partial charge in [-0.2, -0.15) is 0 Å². The minimum atomic E-state index is 0.0546. The molecule has 0 spiro atoms. The summed E-state index contributed by atoms with van der Waals surface area (Å²) in [4.78, 5) is 0. The minimum Gasteiger partial charge on any atom is -0.0843 e. The summed E-state index contributed by atoms with van der Waals surface area (Å²) in [5.41, 5.74) is 0.751. The summed E-state index contributed by atoms with van der Waals surface area (Å²) in [6.07, 6.45) is 0. The highest BCUT2D eigenvalue weighted by Gasteiger charge is 2.01. The third-order valence-corrected chi connectivity index (χ3v) is 2.49. The average molecular weight is 242 g/mol. The molecule has 0 aliphatic heterocycles. The quantitative estimate of drug-likeness (QED) is 0.670. The van der Waals surface area contributed by atoms with E-state index in [4.69, 9.17) is 46.4 Å². The fourth-order valence-electron chi connectivity index (χ4n) is 0.705. The van der Waals surface area contributed by atoms with Gasteiger partial charge in [0.05, 0.1) is 5.03 Å². The van der Waals surface area contributed by atoms with Crippen LogP contribution in [0, 0.1) is 0 Å². The highest BCUT2D eigenvalue weighted by molar-refractivity contribution is 6.66. The van der Waals surface area contributed by atoms with Crippen molar-refractivity contribution in [1.29, 1.82) is 0 Å². The standard InChI is InChI=1S/C8H4Cl4/c9-6-3-1-5(2-4-6)7(10)8(11)12/h1-4H. The van der Waals surface area contributed by atoms with Gasteiger partial charge in [0.15, 0.2) is 0 Å². The van der Waals surface area contributed by atoms with Crippen molar-refractivity contribution in [3.8, 4) is 0 Å². The molecule has 0 saturated carbocycles. The Kier molecular flexibility index (Phi) is 3.73. The number of benzene rings is 1. The Hall–Kier alpha value is 0.120. The van der Waals surface area contributed by atoms with E-state index in [1.807, 2.05) is 0 Å². The lowest BCUT2D eigenvalue weighted by molar-refractivity contribution is 1.65. The van der Waals surface area contributed by atoms with Crippen molar-refractivity contribution in [2.24, 2.45) is 0 Å². The van der Waals surface area contributed by atoms with Gasteiger partial charge in [-0.25, -0.2) is 0 Å². The molecule has 64 valence electrons. The van der Waals surface area contributed by atoms with Gasteiger partial charge in [0.25, 0.3) is 0 Å². The van der Waals surface area contributed by atoms with E-state index in [0.717, 1.165) is 5.56 Å². The van der Waals surface area contributed by atoms with Crippen molar-refractivity contribution >= 4 is 51.4 Å². The van der Waals surface area contributed by atoms with Crippen LogP contribution in [0.4, 0.5) is 0 Å². The Morgan fingerprint density at radius 2 is 1.42 bits per heavy atom. The molecule has 0 fully saturated rings. The zero-order valence-electron chi connectivity index (χ0n) is 5.82. The van der Waals surface area contributed by atoms with Gasteiger partial charge < -0.3 is 0 Å². The molecule has 0 N–H and O–H groups in total. The van der Waals surface area contributed by atoms with Crippen LogP contribution in [0.1, 0.15) is 5.56 Å². The fraction of sp³-hybridized carbons (Fsp3) is 0. The number of hydrogen-bond donors (Lipinski definition) is 0. The maximum absolute atomic E-state index is 5.77. The molecule has 0 heterocycles. The maximum Gasteiger partial charge on any atom is 0.126 e. The van der Waals surface area contributed by atoms with Gasteiger partial charge >= 0.3 is 0 Å². The Bertz CT molecular complexity index is 295. The lowest BCUT2D eigenvalue weighted by atomic mass is 10.2. The number of hydrogen-bond acceptors (Lipinski definition) is 0. The Balaban J connectivity index is 3.06. The summed E-state index contributed by atoms with van der Waals surface area (Å²) < 4.78 is 0.0546. The van der Waals surface area contributed by atoms with Crippen molar-refractivity contribution in [3.63, 3.8) is 0 Å². The zero-order valence-corrected chi connectivity index (χ0v) is 8.84. The molecule has 0 unspecified atom stereocenters. The minimum absolute atomic E-state index is 0.0546. The molecule has 4 heteroatoms. The second-order valence-corrected chi connectivity index (χ2v) is 3.85. The molecule has 12 heavy (non-hydrogen) atoms. The van der Waals surface area contributed by atoms with Crippen molar-refractivity contribution in [2.75, 3.05) is 0 Å². The van der Waals surface area contributed by atoms with Gasteiger partial charge in [0.2, 0.25) is 0 Å². The number of rotatable bonds is 1. The van der Waals surface area contributed by atoms with Crippen LogP contribution in [0.15, 0.2) is 28.8 Å². The topological polar surface area (TPSA) is 0 Å². The van der Waals surface area contributed by atoms with Gasteiger partial charge in [0, 0.05) is 5.02 Å². The van der Waals surface area contributed by atoms with E-state index in [-0.39, 0.29) is 4.49 Å². The Labute approximate surface area is 90.7 Å². The first-order valence-electron chi connectivity index (χ1n) is 3.08. The van der Waals surface area contributed by atoms with Crippen LogP contribution >= 0.6 is 46.4 Å². The van der Waals surface area contributed by atoms with Crippen molar-refractivity contribution in [3.05, 3.63) is 39.3 Å². The molecule has 1 rings (SSSR count). The van der Waals surface area contributed by atoms with Gasteiger partial charge in [-0.05, 0) is 17.7 Å². The van der Waals surface area contributed by atoms with Crippen LogP contribution < -0.4 is 0 Å². The van der Waals surface area contributed by atoms with Crippen molar-refractivity contribution in [1.82, 2.24) is 0 Å². The summed E-state index contributed by atoms with van der Waals surface area (Å²) in [6.45, 7) is 0. The zero-order chi connectivity index (χ0) is 9.14. The first-order valence-corrected chi connectivity index (χ1v) is 4.59. The normalized spacial score (nSPS) is 9.67. The van der Waals surface area contributed by atoms with E-state index >= 15 is 0 Å². The third kappa shape index (κ3) is 2.56. The second kappa shape index (κ2) is 4.38. The summed E-state index contributed by atoms with van der Waals surface area (Å²) in [5, 5.41) is 0.976. The Morgan fingerprint density at radius 3 is 1.83 bits per heavy atom. The summed E-state index contributed by atoms with van der Waals surface area (Å²) in [7, 11) is 0. The molecular formula is C8H4Cl4. The molecule has 0 aromatic heterocycles. The fourth-order valence-corrected chi connectivity index (χ4v) is 1.18. The molecule has 0 nitrogen and oxygen atoms in total. The molecule has 0 saturated heterocycles. The van der Waals surface area contributed by atoms with Crippen LogP contribution in [-0.2, 0) is 0 Å². The van der Waals surface area contributed by atoms with Crippen LogP contribution in [0.25, 0.3) is 5.03 Å². The van der Waals surface area contributed by atoms with E-state index in [0.29, 0.717) is 10.1 Å². The van der Waals surface area contributed by atoms with Crippen molar-refractivity contribution in [2.45, 2.75) is 0 Å². The van der Waals surface area contributed by atoms with Crippen LogP contribution in [0.5, 0.6) is 0 Å². The number of halogens is 4. The summed E-state index contributed by atoms with van der Waals surface area (Å²) >= 11 is 22.4. The SMILES string of the molecule is ClC(Cl)=C(Cl)c1ccc(Cl)cc1. The van der Waals surface area contributed by atoms with Gasteiger partial charge in [-0.3, -0.25) is 0 Å². The molecule has 0 bridgehead atoms. The Morgan fingerprint density at radius 1 is 0.917 bits per heavy atom. The van der Waals surface area contributed by atoms with Crippen LogP contribution in [0.3, 0.4) is 0 Å². The van der Waals surface area contributed by atoms with Crippen LogP contribution in [-0.4, -0.2) is 0 Å². The first-order chi connectivity index (χ1) is 5.61. The molecule has 1 aromatic carbocycles. The molecular weight excluding hydrogens is 238 g/mol. The van der Waals surface area contributed by atoms with E-state index in [1.165, 1.54) is 0 Å². The third-order valence-electron chi connectivity index (χ3n) is 1.26. The molecule has 0 radical (unpaired) electrons. The molecule has 0 amide bonds. The van der Waals surface area contributed by atoms with E-state index in [1.54, 1.807) is 24.3 Å². The lowest BCUT2D eigenvalue weighted by Gasteiger charge is -1.98. The molecule has 0 aliphatic carbocycles.